The van der Waals surface area contributed by atoms with Gasteiger partial charge in [0.25, 0.3) is 10.0 Å². The molecule has 1 N–H and O–H groups in total. The van der Waals surface area contributed by atoms with Crippen molar-refractivity contribution < 1.29 is 18.0 Å². The van der Waals surface area contributed by atoms with Gasteiger partial charge in [-0.3, -0.25) is 13.9 Å². The number of benzene rings is 3. The van der Waals surface area contributed by atoms with E-state index in [4.69, 9.17) is 34.8 Å². The van der Waals surface area contributed by atoms with Gasteiger partial charge in [0.2, 0.25) is 11.8 Å². The molecule has 1 atom stereocenters. The normalized spacial score (nSPS) is 12.2. The molecule has 0 heterocycles. The number of rotatable bonds is 11. The van der Waals surface area contributed by atoms with Crippen molar-refractivity contribution in [2.24, 2.45) is 5.92 Å². The molecule has 11 heteroatoms. The van der Waals surface area contributed by atoms with E-state index in [1.165, 1.54) is 23.1 Å². The molecular weight excluding hydrogens is 605 g/mol. The average Bonchev–Trinajstić information content (AvgIpc) is 2.92. The van der Waals surface area contributed by atoms with Crippen LogP contribution in [0.15, 0.2) is 65.6 Å². The van der Waals surface area contributed by atoms with Crippen molar-refractivity contribution in [1.29, 1.82) is 0 Å². The largest absolute Gasteiger partial charge is 0.354 e. The molecule has 41 heavy (non-hydrogen) atoms. The van der Waals surface area contributed by atoms with Crippen LogP contribution >= 0.6 is 34.8 Å². The van der Waals surface area contributed by atoms with Crippen molar-refractivity contribution in [3.63, 3.8) is 0 Å². The molecule has 2 amide bonds. The lowest BCUT2D eigenvalue weighted by Crippen LogP contribution is -2.51. The van der Waals surface area contributed by atoms with E-state index in [9.17, 15) is 18.0 Å². The van der Waals surface area contributed by atoms with E-state index in [0.717, 1.165) is 9.87 Å². The fourth-order valence-electron chi connectivity index (χ4n) is 4.07. The minimum absolute atomic E-state index is 0.00106. The van der Waals surface area contributed by atoms with Crippen LogP contribution in [-0.2, 0) is 26.2 Å². The van der Waals surface area contributed by atoms with Crippen LogP contribution in [0.4, 0.5) is 5.69 Å². The highest BCUT2D eigenvalue weighted by molar-refractivity contribution is 7.92. The third-order valence-corrected chi connectivity index (χ3v) is 9.26. The summed E-state index contributed by atoms with van der Waals surface area (Å²) in [5, 5.41) is 3.82. The second-order valence-electron chi connectivity index (χ2n) is 10.3. The maximum Gasteiger partial charge on any atom is 0.264 e. The van der Waals surface area contributed by atoms with Crippen LogP contribution in [0, 0.1) is 19.8 Å². The van der Waals surface area contributed by atoms with Gasteiger partial charge in [0.1, 0.15) is 12.6 Å². The summed E-state index contributed by atoms with van der Waals surface area (Å²) in [6.07, 6.45) is 0. The molecule has 0 saturated heterocycles. The Hall–Kier alpha value is -2.78. The van der Waals surface area contributed by atoms with Crippen molar-refractivity contribution in [3.8, 4) is 0 Å². The smallest absolute Gasteiger partial charge is 0.264 e. The molecule has 0 fully saturated rings. The van der Waals surface area contributed by atoms with Crippen LogP contribution in [0.3, 0.4) is 0 Å². The summed E-state index contributed by atoms with van der Waals surface area (Å²) in [4.78, 5) is 28.5. The zero-order chi connectivity index (χ0) is 30.5. The van der Waals surface area contributed by atoms with Gasteiger partial charge in [-0.15, -0.1) is 0 Å². The van der Waals surface area contributed by atoms with Crippen LogP contribution in [-0.4, -0.2) is 44.3 Å². The van der Waals surface area contributed by atoms with Crippen molar-refractivity contribution >= 4 is 62.3 Å². The third-order valence-electron chi connectivity index (χ3n) is 6.52. The molecule has 0 bridgehead atoms. The van der Waals surface area contributed by atoms with Gasteiger partial charge in [-0.25, -0.2) is 8.42 Å². The number of sulfonamides is 1. The highest BCUT2D eigenvalue weighted by atomic mass is 35.5. The zero-order valence-corrected chi connectivity index (χ0v) is 26.7. The first-order valence-corrected chi connectivity index (χ1v) is 15.6. The summed E-state index contributed by atoms with van der Waals surface area (Å²) in [6.45, 7) is 8.98. The number of carbonyl (C=O) groups is 2. The fraction of sp³-hybridized carbons (Fsp3) is 0.333. The van der Waals surface area contributed by atoms with E-state index < -0.39 is 28.5 Å². The van der Waals surface area contributed by atoms with Crippen LogP contribution in [0.1, 0.15) is 37.5 Å². The molecule has 7 nitrogen and oxygen atoms in total. The van der Waals surface area contributed by atoms with Gasteiger partial charge in [0.05, 0.1) is 20.6 Å². The molecule has 3 rings (SSSR count). The lowest BCUT2D eigenvalue weighted by atomic mass is 10.1. The minimum atomic E-state index is -4.20. The van der Waals surface area contributed by atoms with Gasteiger partial charge in [-0.05, 0) is 74.2 Å². The number of anilines is 1. The molecule has 3 aromatic rings. The SMILES string of the molecule is Cc1ccc(S(=O)(=O)N(CC(=O)N(Cc2ccc(Cl)c(Cl)c2)C(C)C(=O)NCC(C)C)c2cc(Cl)ccc2C)cc1. The predicted molar refractivity (Wildman–Crippen MR) is 166 cm³/mol. The van der Waals surface area contributed by atoms with E-state index >= 15 is 0 Å². The number of nitrogens with zero attached hydrogens (tertiary/aromatic N) is 2. The number of carbonyl (C=O) groups excluding carboxylic acids is 2. The Morgan fingerprint density at radius 3 is 2.15 bits per heavy atom. The number of hydrogen-bond donors (Lipinski definition) is 1. The molecule has 0 spiro atoms. The van der Waals surface area contributed by atoms with Crippen molar-refractivity contribution in [3.05, 3.63) is 92.4 Å². The van der Waals surface area contributed by atoms with Crippen molar-refractivity contribution in [2.45, 2.75) is 52.1 Å². The Labute approximate surface area is 257 Å². The first-order chi connectivity index (χ1) is 19.2. The van der Waals surface area contributed by atoms with Gasteiger partial charge in [-0.1, -0.05) is 78.5 Å². The van der Waals surface area contributed by atoms with E-state index in [1.807, 2.05) is 20.8 Å². The van der Waals surface area contributed by atoms with Gasteiger partial charge in [-0.2, -0.15) is 0 Å². The average molecular weight is 639 g/mol. The van der Waals surface area contributed by atoms with Crippen molar-refractivity contribution in [2.75, 3.05) is 17.4 Å². The first-order valence-electron chi connectivity index (χ1n) is 13.1. The standard InChI is InChI=1S/C30H34Cl3N3O4S/c1-19(2)16-34-30(38)22(5)35(17-23-9-13-26(32)27(33)14-23)29(37)18-36(28-15-24(31)10-8-21(28)4)41(39,40)25-11-6-20(3)7-12-25/h6-15,19,22H,16-18H2,1-5H3,(H,34,38). The summed E-state index contributed by atoms with van der Waals surface area (Å²) in [6, 6.07) is 15.2. The van der Waals surface area contributed by atoms with E-state index in [0.29, 0.717) is 32.7 Å². The molecule has 0 aliphatic heterocycles. The quantitative estimate of drug-likeness (QED) is 0.255. The fourth-order valence-corrected chi connectivity index (χ4v) is 6.03. The lowest BCUT2D eigenvalue weighted by Gasteiger charge is -2.32. The number of aryl methyl sites for hydroxylation is 2. The number of nitrogens with one attached hydrogen (secondary N) is 1. The van der Waals surface area contributed by atoms with Gasteiger partial charge in [0.15, 0.2) is 0 Å². The van der Waals surface area contributed by atoms with Crippen LogP contribution in [0.2, 0.25) is 15.1 Å². The monoisotopic (exact) mass is 637 g/mol. The zero-order valence-electron chi connectivity index (χ0n) is 23.6. The van der Waals surface area contributed by atoms with Gasteiger partial charge < -0.3 is 10.2 Å². The van der Waals surface area contributed by atoms with Crippen molar-refractivity contribution in [1.82, 2.24) is 10.2 Å². The summed E-state index contributed by atoms with van der Waals surface area (Å²) in [5.74, 6) is -0.747. The van der Waals surface area contributed by atoms with E-state index in [-0.39, 0.29) is 29.0 Å². The minimum Gasteiger partial charge on any atom is -0.354 e. The molecule has 3 aromatic carbocycles. The highest BCUT2D eigenvalue weighted by Crippen LogP contribution is 2.30. The summed E-state index contributed by atoms with van der Waals surface area (Å²) >= 11 is 18.6. The maximum atomic E-state index is 14.0. The van der Waals surface area contributed by atoms with Crippen LogP contribution in [0.5, 0.6) is 0 Å². The van der Waals surface area contributed by atoms with E-state index in [1.54, 1.807) is 56.3 Å². The molecule has 0 aliphatic rings. The Bertz CT molecular complexity index is 1510. The summed E-state index contributed by atoms with van der Waals surface area (Å²) < 4.78 is 29.0. The topological polar surface area (TPSA) is 86.8 Å². The molecule has 1 unspecified atom stereocenters. The molecule has 0 radical (unpaired) electrons. The Kier molecular flexibility index (Phi) is 11.1. The third kappa shape index (κ3) is 8.38. The molecule has 0 aliphatic carbocycles. The second kappa shape index (κ2) is 13.9. The predicted octanol–water partition coefficient (Wildman–Crippen LogP) is 6.65. The second-order valence-corrected chi connectivity index (χ2v) is 13.5. The van der Waals surface area contributed by atoms with Gasteiger partial charge >= 0.3 is 0 Å². The van der Waals surface area contributed by atoms with Crippen LogP contribution < -0.4 is 9.62 Å². The van der Waals surface area contributed by atoms with Crippen LogP contribution in [0.25, 0.3) is 0 Å². The number of halogens is 3. The first kappa shape index (κ1) is 32.7. The van der Waals surface area contributed by atoms with Gasteiger partial charge in [0, 0.05) is 18.1 Å². The molecular formula is C30H34Cl3N3O4S. The highest BCUT2D eigenvalue weighted by Gasteiger charge is 2.33. The molecule has 220 valence electrons. The lowest BCUT2D eigenvalue weighted by molar-refractivity contribution is -0.139. The number of amides is 2. The number of hydrogen-bond acceptors (Lipinski definition) is 4. The molecule has 0 saturated carbocycles. The van der Waals surface area contributed by atoms with E-state index in [2.05, 4.69) is 5.32 Å². The Morgan fingerprint density at radius 2 is 1.54 bits per heavy atom. The Morgan fingerprint density at radius 1 is 0.878 bits per heavy atom. The Balaban J connectivity index is 2.07. The molecule has 0 aromatic heterocycles. The maximum absolute atomic E-state index is 14.0. The summed E-state index contributed by atoms with van der Waals surface area (Å²) in [7, 11) is -4.20. The summed E-state index contributed by atoms with van der Waals surface area (Å²) in [5.41, 5.74) is 2.39.